The molecule has 1 fully saturated rings. The molecule has 0 atom stereocenters. The van der Waals surface area contributed by atoms with Gasteiger partial charge in [0.25, 0.3) is 12.0 Å². The van der Waals surface area contributed by atoms with E-state index in [0.29, 0.717) is 46.4 Å². The summed E-state index contributed by atoms with van der Waals surface area (Å²) in [6.07, 6.45) is -0.559. The lowest BCUT2D eigenvalue weighted by Crippen LogP contribution is -2.36. The molecule has 9 nitrogen and oxygen atoms in total. The summed E-state index contributed by atoms with van der Waals surface area (Å²) in [5.41, 5.74) is 1.28. The zero-order chi connectivity index (χ0) is 25.2. The number of benzene rings is 2. The summed E-state index contributed by atoms with van der Waals surface area (Å²) in [7, 11) is 0. The van der Waals surface area contributed by atoms with Crippen LogP contribution in [0.4, 0.5) is 8.78 Å². The SMILES string of the molecule is N#Cc1cc2nc(Cc3nn(CC(=O)N4CCCC4)c(=O)c4ccccc34)[nH]c2cc1OCC(F)F. The van der Waals surface area contributed by atoms with Gasteiger partial charge in [-0.1, -0.05) is 18.2 Å². The lowest BCUT2D eigenvalue weighted by Gasteiger charge is -2.16. The van der Waals surface area contributed by atoms with E-state index in [9.17, 15) is 23.6 Å². The molecule has 2 aromatic heterocycles. The van der Waals surface area contributed by atoms with Gasteiger partial charge in [-0.25, -0.2) is 18.4 Å². The van der Waals surface area contributed by atoms with E-state index in [1.165, 1.54) is 16.8 Å². The van der Waals surface area contributed by atoms with Crippen molar-refractivity contribution in [3.8, 4) is 11.8 Å². The smallest absolute Gasteiger partial charge is 0.275 e. The van der Waals surface area contributed by atoms with E-state index in [2.05, 4.69) is 15.1 Å². The van der Waals surface area contributed by atoms with E-state index in [1.54, 1.807) is 29.2 Å². The molecule has 4 aromatic rings. The second-order valence-electron chi connectivity index (χ2n) is 8.58. The number of fused-ring (bicyclic) bond motifs is 2. The summed E-state index contributed by atoms with van der Waals surface area (Å²) >= 11 is 0. The second-order valence-corrected chi connectivity index (χ2v) is 8.58. The Balaban J connectivity index is 1.50. The fourth-order valence-electron chi connectivity index (χ4n) is 4.43. The van der Waals surface area contributed by atoms with Gasteiger partial charge in [-0.3, -0.25) is 9.59 Å². The van der Waals surface area contributed by atoms with Crippen molar-refractivity contribution in [2.24, 2.45) is 0 Å². The Bertz CT molecular complexity index is 1550. The zero-order valence-corrected chi connectivity index (χ0v) is 19.2. The molecule has 1 N–H and O–H groups in total. The molecule has 2 aromatic carbocycles. The van der Waals surface area contributed by atoms with Gasteiger partial charge in [0.05, 0.1) is 34.1 Å². The molecule has 5 rings (SSSR count). The maximum absolute atomic E-state index is 13.1. The largest absolute Gasteiger partial charge is 0.486 e. The van der Waals surface area contributed by atoms with Crippen molar-refractivity contribution in [2.45, 2.75) is 32.2 Å². The van der Waals surface area contributed by atoms with Crippen LogP contribution >= 0.6 is 0 Å². The Morgan fingerprint density at radius 2 is 1.94 bits per heavy atom. The fourth-order valence-corrected chi connectivity index (χ4v) is 4.43. The van der Waals surface area contributed by atoms with Gasteiger partial charge in [0.1, 0.15) is 30.8 Å². The number of amides is 1. The van der Waals surface area contributed by atoms with Gasteiger partial charge in [0.15, 0.2) is 0 Å². The second kappa shape index (κ2) is 9.73. The van der Waals surface area contributed by atoms with Crippen LogP contribution in [-0.2, 0) is 17.8 Å². The highest BCUT2D eigenvalue weighted by atomic mass is 19.3. The standard InChI is InChI=1S/C25H22F2N6O3/c26-22(27)14-36-21-10-20-19(9-15(21)12-28)29-23(30-20)11-18-16-5-1-2-6-17(16)25(35)33(31-18)13-24(34)32-7-3-4-8-32/h1-2,5-6,9-10,22H,3-4,7-8,11,13-14H2,(H,29,30). The van der Waals surface area contributed by atoms with Crippen LogP contribution in [-0.4, -0.2) is 56.7 Å². The molecule has 184 valence electrons. The number of halogens is 2. The minimum absolute atomic E-state index is 0.0399. The highest BCUT2D eigenvalue weighted by Gasteiger charge is 2.21. The van der Waals surface area contributed by atoms with Gasteiger partial charge >= 0.3 is 0 Å². The minimum atomic E-state index is -2.67. The van der Waals surface area contributed by atoms with E-state index >= 15 is 0 Å². The third-order valence-corrected chi connectivity index (χ3v) is 6.14. The maximum Gasteiger partial charge on any atom is 0.275 e. The number of aromatic nitrogens is 4. The number of likely N-dealkylation sites (tertiary alicyclic amines) is 1. The summed E-state index contributed by atoms with van der Waals surface area (Å²) in [5, 5.41) is 15.0. The molecule has 0 saturated carbocycles. The number of nitriles is 1. The molecule has 0 unspecified atom stereocenters. The number of imidazole rings is 1. The summed E-state index contributed by atoms with van der Waals surface area (Å²) < 4.78 is 31.5. The summed E-state index contributed by atoms with van der Waals surface area (Å²) in [6.45, 7) is 0.392. The normalized spacial score (nSPS) is 13.6. The van der Waals surface area contributed by atoms with Crippen LogP contribution in [0.1, 0.15) is 29.9 Å². The lowest BCUT2D eigenvalue weighted by atomic mass is 10.1. The predicted octanol–water partition coefficient (Wildman–Crippen LogP) is 3.00. The van der Waals surface area contributed by atoms with Crippen LogP contribution in [0, 0.1) is 11.3 Å². The number of hydrogen-bond donors (Lipinski definition) is 1. The van der Waals surface area contributed by atoms with Gasteiger partial charge in [-0.2, -0.15) is 10.4 Å². The first-order valence-electron chi connectivity index (χ1n) is 11.5. The van der Waals surface area contributed by atoms with Gasteiger partial charge in [0.2, 0.25) is 5.91 Å². The lowest BCUT2D eigenvalue weighted by molar-refractivity contribution is -0.131. The summed E-state index contributed by atoms with van der Waals surface area (Å²) in [6, 6.07) is 11.9. The molecular weight excluding hydrogens is 470 g/mol. The molecule has 3 heterocycles. The number of H-pyrrole nitrogens is 1. The average molecular weight is 492 g/mol. The van der Waals surface area contributed by atoms with Gasteiger partial charge in [-0.15, -0.1) is 0 Å². The van der Waals surface area contributed by atoms with Gasteiger partial charge in [0, 0.05) is 24.5 Å². The molecular formula is C25H22F2N6O3. The average Bonchev–Trinajstić information content (AvgIpc) is 3.54. The first kappa shape index (κ1) is 23.4. The van der Waals surface area contributed by atoms with Crippen LogP contribution in [0.3, 0.4) is 0 Å². The molecule has 0 bridgehead atoms. The van der Waals surface area contributed by atoms with Crippen LogP contribution < -0.4 is 10.3 Å². The Labute approximate surface area is 203 Å². The highest BCUT2D eigenvalue weighted by Crippen LogP contribution is 2.26. The highest BCUT2D eigenvalue weighted by molar-refractivity contribution is 5.85. The summed E-state index contributed by atoms with van der Waals surface area (Å²) in [4.78, 5) is 35.1. The molecule has 1 saturated heterocycles. The number of ether oxygens (including phenoxy) is 1. The topological polar surface area (TPSA) is 117 Å². The monoisotopic (exact) mass is 492 g/mol. The molecule has 0 aliphatic carbocycles. The van der Waals surface area contributed by atoms with E-state index in [-0.39, 0.29) is 35.7 Å². The van der Waals surface area contributed by atoms with Crippen molar-refractivity contribution >= 4 is 27.7 Å². The van der Waals surface area contributed by atoms with Crippen molar-refractivity contribution < 1.29 is 18.3 Å². The number of nitrogens with one attached hydrogen (secondary N) is 1. The maximum atomic E-state index is 13.1. The van der Waals surface area contributed by atoms with Crippen molar-refractivity contribution in [3.63, 3.8) is 0 Å². The van der Waals surface area contributed by atoms with Crippen LogP contribution in [0.15, 0.2) is 41.2 Å². The van der Waals surface area contributed by atoms with Crippen LogP contribution in [0.2, 0.25) is 0 Å². The number of aromatic amines is 1. The summed E-state index contributed by atoms with van der Waals surface area (Å²) in [5.74, 6) is 0.388. The Morgan fingerprint density at radius 3 is 2.67 bits per heavy atom. The van der Waals surface area contributed by atoms with Crippen molar-refractivity contribution in [3.05, 3.63) is 63.8 Å². The molecule has 1 amide bonds. The number of alkyl halides is 2. The quantitative estimate of drug-likeness (QED) is 0.424. The fraction of sp³-hybridized carbons (Fsp3) is 0.320. The van der Waals surface area contributed by atoms with Crippen molar-refractivity contribution in [2.75, 3.05) is 19.7 Å². The number of hydrogen-bond acceptors (Lipinski definition) is 6. The van der Waals surface area contributed by atoms with E-state index in [1.807, 2.05) is 6.07 Å². The first-order valence-corrected chi connectivity index (χ1v) is 11.5. The van der Waals surface area contributed by atoms with E-state index < -0.39 is 13.0 Å². The molecule has 1 aliphatic rings. The van der Waals surface area contributed by atoms with Crippen molar-refractivity contribution in [1.29, 1.82) is 5.26 Å². The minimum Gasteiger partial charge on any atom is -0.486 e. The third-order valence-electron chi connectivity index (χ3n) is 6.14. The molecule has 1 aliphatic heterocycles. The van der Waals surface area contributed by atoms with Crippen molar-refractivity contribution in [1.82, 2.24) is 24.6 Å². The Hall–Kier alpha value is -4.33. The number of nitrogens with zero attached hydrogens (tertiary/aromatic N) is 5. The Morgan fingerprint density at radius 1 is 1.19 bits per heavy atom. The number of rotatable bonds is 7. The van der Waals surface area contributed by atoms with E-state index in [4.69, 9.17) is 4.74 Å². The molecule has 36 heavy (non-hydrogen) atoms. The predicted molar refractivity (Wildman–Crippen MR) is 127 cm³/mol. The Kier molecular flexibility index (Phi) is 6.33. The molecule has 0 spiro atoms. The van der Waals surface area contributed by atoms with E-state index in [0.717, 1.165) is 12.8 Å². The number of carbonyl (C=O) groups is 1. The molecule has 11 heteroatoms. The zero-order valence-electron chi connectivity index (χ0n) is 19.2. The first-order chi connectivity index (χ1) is 17.4. The van der Waals surface area contributed by atoms with Crippen LogP contribution in [0.25, 0.3) is 21.8 Å². The number of carbonyl (C=O) groups excluding carboxylic acids is 1. The molecule has 0 radical (unpaired) electrons. The van der Waals surface area contributed by atoms with Crippen LogP contribution in [0.5, 0.6) is 5.75 Å². The van der Waals surface area contributed by atoms with Gasteiger partial charge in [-0.05, 0) is 25.0 Å². The van der Waals surface area contributed by atoms with Gasteiger partial charge < -0.3 is 14.6 Å². The third kappa shape index (κ3) is 4.62.